The molecule has 0 spiro atoms. The van der Waals surface area contributed by atoms with Gasteiger partial charge in [0.15, 0.2) is 0 Å². The van der Waals surface area contributed by atoms with Crippen LogP contribution in [0, 0.1) is 0 Å². The fourth-order valence-corrected chi connectivity index (χ4v) is 2.41. The lowest BCUT2D eigenvalue weighted by atomic mass is 10.1. The van der Waals surface area contributed by atoms with Crippen LogP contribution < -0.4 is 0 Å². The van der Waals surface area contributed by atoms with Crippen molar-refractivity contribution >= 4 is 5.91 Å². The number of nitrogens with zero attached hydrogens (tertiary/aromatic N) is 2. The molecule has 86 valence electrons. The van der Waals surface area contributed by atoms with Crippen molar-refractivity contribution in [3.05, 3.63) is 0 Å². The number of morpholine rings is 1. The summed E-state index contributed by atoms with van der Waals surface area (Å²) in [4.78, 5) is 16.1. The Labute approximate surface area is 91.2 Å². The minimum atomic E-state index is -0.179. The lowest BCUT2D eigenvalue weighted by Crippen LogP contribution is -2.54. The highest BCUT2D eigenvalue weighted by atomic mass is 16.5. The van der Waals surface area contributed by atoms with Gasteiger partial charge < -0.3 is 9.64 Å². The van der Waals surface area contributed by atoms with Crippen LogP contribution in [-0.2, 0) is 9.53 Å². The van der Waals surface area contributed by atoms with Crippen LogP contribution in [0.5, 0.6) is 0 Å². The molecule has 0 unspecified atom stereocenters. The predicted octanol–water partition coefficient (Wildman–Crippen LogP) is 0.328. The lowest BCUT2D eigenvalue weighted by Gasteiger charge is -2.37. The second-order valence-electron chi connectivity index (χ2n) is 4.86. The summed E-state index contributed by atoms with van der Waals surface area (Å²) in [6.45, 7) is 4.61. The van der Waals surface area contributed by atoms with Gasteiger partial charge in [-0.3, -0.25) is 9.69 Å². The zero-order valence-electron chi connectivity index (χ0n) is 9.82. The quantitative estimate of drug-likeness (QED) is 0.661. The largest absolute Gasteiger partial charge is 0.376 e. The molecule has 1 aliphatic heterocycles. The SMILES string of the molecule is C[C@H]1CN(C2(C(=O)N(C)C)CC2)CCO1. The monoisotopic (exact) mass is 212 g/mol. The zero-order valence-corrected chi connectivity index (χ0v) is 9.82. The van der Waals surface area contributed by atoms with Crippen molar-refractivity contribution in [1.82, 2.24) is 9.80 Å². The molecule has 1 aliphatic carbocycles. The first-order chi connectivity index (χ1) is 7.06. The fraction of sp³-hybridized carbons (Fsp3) is 0.909. The maximum Gasteiger partial charge on any atom is 0.242 e. The number of hydrogen-bond acceptors (Lipinski definition) is 3. The summed E-state index contributed by atoms with van der Waals surface area (Å²) in [5.41, 5.74) is -0.179. The molecule has 2 aliphatic rings. The van der Waals surface area contributed by atoms with Crippen molar-refractivity contribution in [2.24, 2.45) is 0 Å². The third kappa shape index (κ3) is 1.88. The Morgan fingerprint density at radius 1 is 1.47 bits per heavy atom. The van der Waals surface area contributed by atoms with E-state index in [0.717, 1.165) is 32.5 Å². The Morgan fingerprint density at radius 2 is 2.13 bits per heavy atom. The van der Waals surface area contributed by atoms with Crippen molar-refractivity contribution in [2.45, 2.75) is 31.4 Å². The fourth-order valence-electron chi connectivity index (χ4n) is 2.41. The molecule has 1 saturated heterocycles. The van der Waals surface area contributed by atoms with E-state index in [9.17, 15) is 4.79 Å². The number of likely N-dealkylation sites (N-methyl/N-ethyl adjacent to an activating group) is 1. The van der Waals surface area contributed by atoms with E-state index < -0.39 is 0 Å². The molecule has 2 fully saturated rings. The van der Waals surface area contributed by atoms with E-state index in [0.29, 0.717) is 0 Å². The summed E-state index contributed by atoms with van der Waals surface area (Å²) < 4.78 is 5.50. The highest BCUT2D eigenvalue weighted by Crippen LogP contribution is 2.43. The highest BCUT2D eigenvalue weighted by Gasteiger charge is 2.55. The first-order valence-electron chi connectivity index (χ1n) is 5.65. The van der Waals surface area contributed by atoms with Gasteiger partial charge in [0.1, 0.15) is 5.54 Å². The molecule has 0 N–H and O–H groups in total. The number of hydrogen-bond donors (Lipinski definition) is 0. The number of carbonyl (C=O) groups is 1. The van der Waals surface area contributed by atoms with Gasteiger partial charge in [0.2, 0.25) is 5.91 Å². The van der Waals surface area contributed by atoms with Gasteiger partial charge in [-0.1, -0.05) is 0 Å². The van der Waals surface area contributed by atoms with Crippen LogP contribution in [0.15, 0.2) is 0 Å². The third-order valence-corrected chi connectivity index (χ3v) is 3.37. The second-order valence-corrected chi connectivity index (χ2v) is 4.86. The maximum atomic E-state index is 12.1. The van der Waals surface area contributed by atoms with E-state index in [2.05, 4.69) is 11.8 Å². The summed E-state index contributed by atoms with van der Waals surface area (Å²) in [7, 11) is 3.68. The van der Waals surface area contributed by atoms with Crippen LogP contribution in [0.2, 0.25) is 0 Å². The van der Waals surface area contributed by atoms with Crippen LogP contribution in [0.3, 0.4) is 0 Å². The van der Waals surface area contributed by atoms with Crippen molar-refractivity contribution in [2.75, 3.05) is 33.8 Å². The third-order valence-electron chi connectivity index (χ3n) is 3.37. The van der Waals surface area contributed by atoms with Crippen molar-refractivity contribution in [3.8, 4) is 0 Å². The Kier molecular flexibility index (Phi) is 2.73. The van der Waals surface area contributed by atoms with Crippen LogP contribution in [0.25, 0.3) is 0 Å². The van der Waals surface area contributed by atoms with Crippen molar-refractivity contribution in [1.29, 1.82) is 0 Å². The number of ether oxygens (including phenoxy) is 1. The molecule has 1 saturated carbocycles. The second kappa shape index (κ2) is 3.76. The standard InChI is InChI=1S/C11H20N2O2/c1-9-8-13(6-7-15-9)11(4-5-11)10(14)12(2)3/h9H,4-8H2,1-3H3/t9-/m0/s1. The van der Waals surface area contributed by atoms with E-state index >= 15 is 0 Å². The summed E-state index contributed by atoms with van der Waals surface area (Å²) >= 11 is 0. The van der Waals surface area contributed by atoms with Crippen LogP contribution >= 0.6 is 0 Å². The molecule has 0 aromatic carbocycles. The molecule has 2 rings (SSSR count). The van der Waals surface area contributed by atoms with Gasteiger partial charge in [0.25, 0.3) is 0 Å². The van der Waals surface area contributed by atoms with E-state index in [1.54, 1.807) is 4.90 Å². The average Bonchev–Trinajstić information content (AvgIpc) is 2.97. The van der Waals surface area contributed by atoms with Gasteiger partial charge in [0, 0.05) is 27.2 Å². The van der Waals surface area contributed by atoms with Gasteiger partial charge in [-0.15, -0.1) is 0 Å². The molecule has 1 amide bonds. The molecule has 0 aromatic rings. The molecular formula is C11H20N2O2. The predicted molar refractivity (Wildman–Crippen MR) is 57.6 cm³/mol. The molecule has 1 heterocycles. The molecule has 0 bridgehead atoms. The van der Waals surface area contributed by atoms with E-state index in [4.69, 9.17) is 4.74 Å². The van der Waals surface area contributed by atoms with Gasteiger partial charge in [-0.2, -0.15) is 0 Å². The molecule has 4 heteroatoms. The van der Waals surface area contributed by atoms with E-state index in [1.807, 2.05) is 14.1 Å². The minimum absolute atomic E-state index is 0.179. The van der Waals surface area contributed by atoms with Crippen molar-refractivity contribution in [3.63, 3.8) is 0 Å². The Hall–Kier alpha value is -0.610. The Bertz CT molecular complexity index is 261. The molecular weight excluding hydrogens is 192 g/mol. The van der Waals surface area contributed by atoms with Crippen LogP contribution in [0.4, 0.5) is 0 Å². The van der Waals surface area contributed by atoms with Gasteiger partial charge >= 0.3 is 0 Å². The van der Waals surface area contributed by atoms with Crippen LogP contribution in [0.1, 0.15) is 19.8 Å². The zero-order chi connectivity index (χ0) is 11.1. The molecule has 0 radical (unpaired) electrons. The number of rotatable bonds is 2. The first-order valence-corrected chi connectivity index (χ1v) is 5.65. The molecule has 0 aromatic heterocycles. The van der Waals surface area contributed by atoms with Gasteiger partial charge in [-0.05, 0) is 19.8 Å². The molecule has 1 atom stereocenters. The topological polar surface area (TPSA) is 32.8 Å². The van der Waals surface area contributed by atoms with Crippen molar-refractivity contribution < 1.29 is 9.53 Å². The summed E-state index contributed by atoms with van der Waals surface area (Å²) in [5.74, 6) is 0.261. The normalized spacial score (nSPS) is 29.9. The summed E-state index contributed by atoms with van der Waals surface area (Å²) in [6, 6.07) is 0. The van der Waals surface area contributed by atoms with Gasteiger partial charge in [0.05, 0.1) is 12.7 Å². The first kappa shape index (κ1) is 10.9. The summed E-state index contributed by atoms with van der Waals surface area (Å²) in [5, 5.41) is 0. The highest BCUT2D eigenvalue weighted by molar-refractivity contribution is 5.89. The smallest absolute Gasteiger partial charge is 0.242 e. The average molecular weight is 212 g/mol. The maximum absolute atomic E-state index is 12.1. The number of carbonyl (C=O) groups excluding carboxylic acids is 1. The summed E-state index contributed by atoms with van der Waals surface area (Å²) in [6.07, 6.45) is 2.28. The minimum Gasteiger partial charge on any atom is -0.376 e. The van der Waals surface area contributed by atoms with E-state index in [1.165, 1.54) is 0 Å². The Morgan fingerprint density at radius 3 is 2.60 bits per heavy atom. The van der Waals surface area contributed by atoms with Gasteiger partial charge in [-0.25, -0.2) is 0 Å². The lowest BCUT2D eigenvalue weighted by molar-refractivity contribution is -0.139. The molecule has 4 nitrogen and oxygen atoms in total. The Balaban J connectivity index is 2.05. The molecule has 15 heavy (non-hydrogen) atoms. The number of amides is 1. The van der Waals surface area contributed by atoms with E-state index in [-0.39, 0.29) is 17.6 Å². The van der Waals surface area contributed by atoms with Crippen LogP contribution in [-0.4, -0.2) is 61.1 Å².